The van der Waals surface area contributed by atoms with E-state index in [0.717, 1.165) is 5.57 Å². The molecule has 36 heavy (non-hydrogen) atoms. The van der Waals surface area contributed by atoms with E-state index in [4.69, 9.17) is 9.16 Å². The van der Waals surface area contributed by atoms with E-state index in [9.17, 15) is 19.5 Å². The van der Waals surface area contributed by atoms with Gasteiger partial charge in [-0.15, -0.1) is 0 Å². The van der Waals surface area contributed by atoms with Crippen LogP contribution in [0.25, 0.3) is 0 Å². The molecule has 9 heteroatoms. The molecule has 2 atom stereocenters. The van der Waals surface area contributed by atoms with Gasteiger partial charge < -0.3 is 23.7 Å². The van der Waals surface area contributed by atoms with Crippen molar-refractivity contribution in [3.8, 4) is 0 Å². The predicted octanol–water partition coefficient (Wildman–Crippen LogP) is 4.74. The molecule has 0 saturated heterocycles. The van der Waals surface area contributed by atoms with Crippen molar-refractivity contribution in [3.05, 3.63) is 36.0 Å². The highest BCUT2D eigenvalue weighted by Crippen LogP contribution is 2.36. The maximum Gasteiger partial charge on any atom is 0.320 e. The number of aliphatic hydroxyl groups is 1. The molecule has 8 nitrogen and oxygen atoms in total. The van der Waals surface area contributed by atoms with E-state index in [2.05, 4.69) is 43.3 Å². The maximum absolute atomic E-state index is 12.2. The zero-order chi connectivity index (χ0) is 27.9. The van der Waals surface area contributed by atoms with Crippen LogP contribution >= 0.6 is 0 Å². The Morgan fingerprint density at radius 3 is 1.97 bits per heavy atom. The second-order valence-electron chi connectivity index (χ2n) is 10.3. The van der Waals surface area contributed by atoms with Crippen molar-refractivity contribution in [1.29, 1.82) is 0 Å². The summed E-state index contributed by atoms with van der Waals surface area (Å²) in [5, 5.41) is 10.8. The molecule has 1 N–H and O–H groups in total. The van der Waals surface area contributed by atoms with Gasteiger partial charge in [-0.1, -0.05) is 56.7 Å². The lowest BCUT2D eigenvalue weighted by Crippen LogP contribution is -2.40. The summed E-state index contributed by atoms with van der Waals surface area (Å²) in [6.45, 7) is 13.3. The third-order valence-corrected chi connectivity index (χ3v) is 11.1. The molecular formula is C27H46O8Si. The van der Waals surface area contributed by atoms with Crippen LogP contribution in [0.3, 0.4) is 0 Å². The van der Waals surface area contributed by atoms with Gasteiger partial charge in [0.05, 0.1) is 34.0 Å². The smallest absolute Gasteiger partial charge is 0.320 e. The molecule has 0 aliphatic heterocycles. The van der Waals surface area contributed by atoms with E-state index in [1.54, 1.807) is 18.2 Å². The summed E-state index contributed by atoms with van der Waals surface area (Å²) < 4.78 is 20.3. The van der Waals surface area contributed by atoms with Gasteiger partial charge in [0.25, 0.3) is 0 Å². The fourth-order valence-electron chi connectivity index (χ4n) is 3.06. The lowest BCUT2D eigenvalue weighted by Gasteiger charge is -2.35. The second kappa shape index (κ2) is 16.5. The summed E-state index contributed by atoms with van der Waals surface area (Å²) in [4.78, 5) is 35.7. The molecule has 0 radical (unpaired) electrons. The fraction of sp³-hybridized carbons (Fsp3) is 0.667. The Hall–Kier alpha value is -2.23. The first-order chi connectivity index (χ1) is 16.7. The number of allylic oxidation sites excluding steroid dienone is 4. The minimum absolute atomic E-state index is 0.133. The highest BCUT2D eigenvalue weighted by Gasteiger charge is 2.36. The van der Waals surface area contributed by atoms with Crippen LogP contribution in [0.1, 0.15) is 53.4 Å². The fourth-order valence-corrected chi connectivity index (χ4v) is 4.01. The lowest BCUT2D eigenvalue weighted by molar-refractivity contribution is -0.159. The van der Waals surface area contributed by atoms with Gasteiger partial charge in [0.2, 0.25) is 0 Å². The molecule has 0 amide bonds. The van der Waals surface area contributed by atoms with Crippen molar-refractivity contribution in [2.75, 3.05) is 27.9 Å². The van der Waals surface area contributed by atoms with Gasteiger partial charge in [-0.2, -0.15) is 0 Å². The summed E-state index contributed by atoms with van der Waals surface area (Å²) in [5.41, 5.74) is 0.970. The molecule has 0 fully saturated rings. The third kappa shape index (κ3) is 12.1. The summed E-state index contributed by atoms with van der Waals surface area (Å²) in [6.07, 6.45) is 9.66. The van der Waals surface area contributed by atoms with Gasteiger partial charge in [-0.3, -0.25) is 14.4 Å². The van der Waals surface area contributed by atoms with Gasteiger partial charge in [-0.05, 0) is 50.7 Å². The van der Waals surface area contributed by atoms with Gasteiger partial charge in [-0.25, -0.2) is 0 Å². The molecular weight excluding hydrogens is 480 g/mol. The number of ether oxygens (including phenoxy) is 3. The number of carbonyl (C=O) groups excluding carboxylic acids is 3. The first-order valence-corrected chi connectivity index (χ1v) is 15.2. The summed E-state index contributed by atoms with van der Waals surface area (Å²) in [5.74, 6) is -3.53. The molecule has 0 saturated carbocycles. The van der Waals surface area contributed by atoms with Crippen LogP contribution in [0.2, 0.25) is 18.1 Å². The van der Waals surface area contributed by atoms with Gasteiger partial charge in [0.15, 0.2) is 14.2 Å². The van der Waals surface area contributed by atoms with Crippen LogP contribution in [-0.2, 0) is 33.0 Å². The number of hydrogen-bond acceptors (Lipinski definition) is 8. The van der Waals surface area contributed by atoms with Crippen LogP contribution in [0.4, 0.5) is 0 Å². The quantitative estimate of drug-likeness (QED) is 0.0814. The summed E-state index contributed by atoms with van der Waals surface area (Å²) >= 11 is 0. The molecule has 0 heterocycles. The average molecular weight is 527 g/mol. The van der Waals surface area contributed by atoms with Crippen molar-refractivity contribution in [2.45, 2.75) is 77.6 Å². The van der Waals surface area contributed by atoms with Crippen molar-refractivity contribution in [3.63, 3.8) is 0 Å². The Balaban J connectivity index is 4.90. The Bertz CT molecular complexity index is 776. The van der Waals surface area contributed by atoms with Crippen molar-refractivity contribution >= 4 is 26.2 Å². The molecule has 0 aromatic rings. The van der Waals surface area contributed by atoms with E-state index in [1.807, 2.05) is 19.1 Å². The first-order valence-electron chi connectivity index (χ1n) is 12.3. The number of methoxy groups -OCH3 is 3. The van der Waals surface area contributed by atoms with Crippen LogP contribution in [0.5, 0.6) is 0 Å². The zero-order valence-electron chi connectivity index (χ0n) is 23.5. The minimum Gasteiger partial charge on any atom is -0.468 e. The number of rotatable bonds is 15. The van der Waals surface area contributed by atoms with Gasteiger partial charge >= 0.3 is 17.9 Å². The normalized spacial score (nSPS) is 14.8. The number of aliphatic hydroxyl groups excluding tert-OH is 1. The number of carbonyl (C=O) groups is 3. The van der Waals surface area contributed by atoms with Crippen LogP contribution in [0, 0.1) is 11.8 Å². The topological polar surface area (TPSA) is 108 Å². The predicted molar refractivity (Wildman–Crippen MR) is 143 cm³/mol. The van der Waals surface area contributed by atoms with Gasteiger partial charge in [0, 0.05) is 0 Å². The molecule has 0 rings (SSSR count). The highest BCUT2D eigenvalue weighted by molar-refractivity contribution is 6.74. The molecule has 0 unspecified atom stereocenters. The van der Waals surface area contributed by atoms with Crippen molar-refractivity contribution in [1.82, 2.24) is 0 Å². The molecule has 0 aromatic heterocycles. The largest absolute Gasteiger partial charge is 0.468 e. The van der Waals surface area contributed by atoms with Crippen molar-refractivity contribution in [2.24, 2.45) is 11.8 Å². The van der Waals surface area contributed by atoms with Crippen LogP contribution < -0.4 is 0 Å². The highest BCUT2D eigenvalue weighted by atomic mass is 28.4. The Morgan fingerprint density at radius 1 is 0.917 bits per heavy atom. The monoisotopic (exact) mass is 526 g/mol. The van der Waals surface area contributed by atoms with E-state index in [0.29, 0.717) is 25.9 Å². The van der Waals surface area contributed by atoms with E-state index >= 15 is 0 Å². The third-order valence-electron chi connectivity index (χ3n) is 6.55. The number of hydrogen-bond donors (Lipinski definition) is 1. The molecule has 0 aliphatic rings. The SMILES string of the molecule is COC(=O)C(CC/C=C(/C)CC[C@@H](O)[C@H](/C=C/C=C/CO[Si](C)(C)C(C)(C)C)C(=O)OC)C(=O)OC. The van der Waals surface area contributed by atoms with E-state index in [-0.39, 0.29) is 11.5 Å². The number of esters is 3. The summed E-state index contributed by atoms with van der Waals surface area (Å²) in [7, 11) is 1.93. The van der Waals surface area contributed by atoms with Crippen LogP contribution in [-0.4, -0.2) is 65.4 Å². The molecule has 0 spiro atoms. The first kappa shape index (κ1) is 33.8. The molecule has 0 aromatic carbocycles. The lowest BCUT2D eigenvalue weighted by atomic mass is 9.95. The van der Waals surface area contributed by atoms with Crippen LogP contribution in [0.15, 0.2) is 36.0 Å². The summed E-state index contributed by atoms with van der Waals surface area (Å²) in [6, 6.07) is 0. The van der Waals surface area contributed by atoms with E-state index in [1.165, 1.54) is 21.3 Å². The standard InChI is InChI=1S/C27H46O8Si/c1-20(14-13-16-22(25(30)33-6)26(31)34-7)17-18-23(28)21(24(29)32-5)15-11-10-12-19-35-36(8,9)27(2,3)4/h10-12,14-15,21-23,28H,13,16-19H2,1-9H3/b12-10+,15-11+,20-14-/t21-,23+/m0/s1. The second-order valence-corrected chi connectivity index (χ2v) is 15.1. The average Bonchev–Trinajstić information content (AvgIpc) is 2.82. The Morgan fingerprint density at radius 2 is 1.47 bits per heavy atom. The van der Waals surface area contributed by atoms with Crippen molar-refractivity contribution < 1.29 is 38.1 Å². The van der Waals surface area contributed by atoms with Gasteiger partial charge in [0.1, 0.15) is 5.92 Å². The Kier molecular flexibility index (Phi) is 15.5. The Labute approximate surface area is 217 Å². The molecule has 0 aliphatic carbocycles. The molecule has 0 bridgehead atoms. The zero-order valence-corrected chi connectivity index (χ0v) is 24.5. The minimum atomic E-state index is -1.82. The van der Waals surface area contributed by atoms with E-state index < -0.39 is 44.2 Å². The molecule has 206 valence electrons. The maximum atomic E-state index is 12.2.